The van der Waals surface area contributed by atoms with E-state index in [0.29, 0.717) is 10.3 Å². The molecule has 1 aromatic heterocycles. The van der Waals surface area contributed by atoms with E-state index in [1.807, 2.05) is 4.98 Å². The summed E-state index contributed by atoms with van der Waals surface area (Å²) in [4.78, 5) is 37.7. The predicted octanol–water partition coefficient (Wildman–Crippen LogP) is 1.95. The second-order valence-corrected chi connectivity index (χ2v) is 11.9. The fourth-order valence-electron chi connectivity index (χ4n) is 3.22. The van der Waals surface area contributed by atoms with Crippen LogP contribution >= 0.6 is 18.2 Å². The van der Waals surface area contributed by atoms with Gasteiger partial charge in [0.2, 0.25) is 0 Å². The van der Waals surface area contributed by atoms with Crippen LogP contribution in [0.4, 0.5) is 4.39 Å². The minimum atomic E-state index is -3.51. The van der Waals surface area contributed by atoms with Gasteiger partial charge in [-0.05, 0) is 44.7 Å². The van der Waals surface area contributed by atoms with E-state index in [4.69, 9.17) is 41.9 Å². The number of rotatable bonds is 10. The molecule has 0 radical (unpaired) electrons. The highest BCUT2D eigenvalue weighted by Crippen LogP contribution is 2.48. The summed E-state index contributed by atoms with van der Waals surface area (Å²) in [5.41, 5.74) is -1.69. The zero-order valence-corrected chi connectivity index (χ0v) is 22.0. The van der Waals surface area contributed by atoms with E-state index in [9.17, 15) is 19.5 Å². The number of hydrogen-bond donors (Lipinski definition) is 3. The zero-order valence-electron chi connectivity index (χ0n) is 19.5. The van der Waals surface area contributed by atoms with Crippen LogP contribution in [0.25, 0.3) is 0 Å². The Bertz CT molecular complexity index is 1230. The number of esters is 1. The Morgan fingerprint density at radius 3 is 2.61 bits per heavy atom. The quantitative estimate of drug-likeness (QED) is 0.222. The van der Waals surface area contributed by atoms with E-state index in [-0.39, 0.29) is 6.10 Å². The van der Waals surface area contributed by atoms with E-state index in [1.165, 1.54) is 6.92 Å². The van der Waals surface area contributed by atoms with E-state index < -0.39 is 60.1 Å². The Hall–Kier alpha value is -2.12. The Morgan fingerprint density at radius 2 is 2.00 bits per heavy atom. The first-order chi connectivity index (χ1) is 16.8. The highest BCUT2D eigenvalue weighted by molar-refractivity contribution is 8.09. The number of nitrogens with zero attached hydrogens (tertiary/aromatic N) is 1. The number of alkyl halides is 2. The molecular formula is C21H26ClFN3O8PS. The summed E-state index contributed by atoms with van der Waals surface area (Å²) in [6, 6.07) is 8.44. The van der Waals surface area contributed by atoms with Crippen molar-refractivity contribution in [1.82, 2.24) is 14.6 Å². The fourth-order valence-corrected chi connectivity index (χ4v) is 5.94. The zero-order chi connectivity index (χ0) is 26.7. The first kappa shape index (κ1) is 28.5. The van der Waals surface area contributed by atoms with Crippen LogP contribution in [0.3, 0.4) is 0 Å². The van der Waals surface area contributed by atoms with Crippen molar-refractivity contribution in [2.24, 2.45) is 0 Å². The van der Waals surface area contributed by atoms with Crippen LogP contribution in [0.15, 0.2) is 52.2 Å². The number of halogens is 2. The second kappa shape index (κ2) is 11.5. The number of carbonyl (C=O) groups is 1. The summed E-state index contributed by atoms with van der Waals surface area (Å²) in [5, 5.41) is 10.4. The van der Waals surface area contributed by atoms with E-state index >= 15 is 4.39 Å². The Morgan fingerprint density at radius 1 is 1.33 bits per heavy atom. The summed E-state index contributed by atoms with van der Waals surface area (Å²) in [6.07, 6.45) is -4.50. The van der Waals surface area contributed by atoms with E-state index in [0.717, 1.165) is 12.3 Å². The predicted molar refractivity (Wildman–Crippen MR) is 132 cm³/mol. The van der Waals surface area contributed by atoms with Crippen LogP contribution in [0.1, 0.15) is 27.0 Å². The van der Waals surface area contributed by atoms with Crippen molar-refractivity contribution in [2.45, 2.75) is 56.5 Å². The number of ether oxygens (including phenoxy) is 2. The Labute approximate surface area is 215 Å². The molecule has 1 aliphatic heterocycles. The third kappa shape index (κ3) is 6.80. The number of aliphatic hydroxyl groups is 1. The molecular weight excluding hydrogens is 540 g/mol. The van der Waals surface area contributed by atoms with Gasteiger partial charge in [0.15, 0.2) is 6.23 Å². The summed E-state index contributed by atoms with van der Waals surface area (Å²) in [6.45, 7) is 0.859. The van der Waals surface area contributed by atoms with Gasteiger partial charge in [0.05, 0.1) is 12.7 Å². The van der Waals surface area contributed by atoms with Gasteiger partial charge >= 0.3 is 18.3 Å². The number of benzene rings is 1. The van der Waals surface area contributed by atoms with Crippen molar-refractivity contribution in [3.8, 4) is 5.75 Å². The first-order valence-electron chi connectivity index (χ1n) is 10.8. The van der Waals surface area contributed by atoms with Crippen LogP contribution in [0, 0.1) is 0 Å². The monoisotopic (exact) mass is 565 g/mol. The molecule has 0 spiro atoms. The van der Waals surface area contributed by atoms with Crippen LogP contribution in [0.2, 0.25) is 0 Å². The van der Waals surface area contributed by atoms with Crippen LogP contribution in [-0.4, -0.2) is 56.7 Å². The third-order valence-electron chi connectivity index (χ3n) is 4.92. The van der Waals surface area contributed by atoms with Crippen LogP contribution in [0.5, 0.6) is 5.75 Å². The largest absolute Gasteiger partial charge is 0.462 e. The minimum absolute atomic E-state index is 0.334. The molecule has 0 aliphatic carbocycles. The average molecular weight is 566 g/mol. The van der Waals surface area contributed by atoms with Gasteiger partial charge < -0.3 is 23.6 Å². The van der Waals surface area contributed by atoms with Gasteiger partial charge in [0, 0.05) is 12.3 Å². The van der Waals surface area contributed by atoms with Gasteiger partial charge in [0.1, 0.15) is 24.0 Å². The number of para-hydroxylation sites is 1. The number of aromatic nitrogens is 2. The van der Waals surface area contributed by atoms with Crippen molar-refractivity contribution in [3.63, 3.8) is 0 Å². The van der Waals surface area contributed by atoms with E-state index in [2.05, 4.69) is 5.09 Å². The molecule has 1 fully saturated rings. The lowest BCUT2D eigenvalue weighted by molar-refractivity contribution is -0.149. The molecule has 15 heteroatoms. The maximum Gasteiger partial charge on any atom is 0.330 e. The summed E-state index contributed by atoms with van der Waals surface area (Å²) in [7, 11) is 0. The molecule has 0 bridgehead atoms. The molecule has 3 rings (SSSR count). The van der Waals surface area contributed by atoms with Gasteiger partial charge in [-0.1, -0.05) is 29.8 Å². The number of aliphatic hydroxyl groups excluding tert-OH is 1. The van der Waals surface area contributed by atoms with Crippen molar-refractivity contribution >= 4 is 36.0 Å². The SMILES string of the molecule is CC(C)OC(=O)[C@H](C)N[P@@](=S)(OC[C@H]1O[C@@H](n2ccc(=O)[nH]c2=O)[C@](F)(Cl)[C@@H]1O)Oc1ccccc1. The number of hydrogen-bond acceptors (Lipinski definition) is 9. The number of aromatic amines is 1. The highest BCUT2D eigenvalue weighted by Gasteiger charge is 2.58. The van der Waals surface area contributed by atoms with Gasteiger partial charge in [-0.15, -0.1) is 0 Å². The number of nitrogens with one attached hydrogen (secondary N) is 2. The van der Waals surface area contributed by atoms with Crippen LogP contribution < -0.4 is 20.9 Å². The summed E-state index contributed by atoms with van der Waals surface area (Å²) in [5.74, 6) is -0.266. The van der Waals surface area contributed by atoms with E-state index in [1.54, 1.807) is 44.2 Å². The van der Waals surface area contributed by atoms with Gasteiger partial charge in [-0.25, -0.2) is 14.3 Å². The third-order valence-corrected chi connectivity index (χ3v) is 7.83. The average Bonchev–Trinajstić information content (AvgIpc) is 3.01. The molecule has 1 aromatic carbocycles. The molecule has 198 valence electrons. The van der Waals surface area contributed by atoms with Crippen molar-refractivity contribution in [3.05, 3.63) is 63.4 Å². The molecule has 3 N–H and O–H groups in total. The number of H-pyrrole nitrogens is 1. The van der Waals surface area contributed by atoms with Gasteiger partial charge in [-0.2, -0.15) is 0 Å². The molecule has 0 saturated carbocycles. The summed E-state index contributed by atoms with van der Waals surface area (Å²) < 4.78 is 38.3. The summed E-state index contributed by atoms with van der Waals surface area (Å²) >= 11 is 11.5. The lowest BCUT2D eigenvalue weighted by atomic mass is 10.1. The molecule has 2 aromatic rings. The maximum atomic E-state index is 15.2. The first-order valence-corrected chi connectivity index (χ1v) is 13.8. The Balaban J connectivity index is 1.80. The topological polar surface area (TPSA) is 141 Å². The van der Waals surface area contributed by atoms with Gasteiger partial charge in [0.25, 0.3) is 10.7 Å². The number of carbonyl (C=O) groups excluding carboxylic acids is 1. The highest BCUT2D eigenvalue weighted by atomic mass is 35.5. The minimum Gasteiger partial charge on any atom is -0.462 e. The van der Waals surface area contributed by atoms with Crippen molar-refractivity contribution in [1.29, 1.82) is 0 Å². The Kier molecular flexibility index (Phi) is 9.10. The normalized spacial score (nSPS) is 26.4. The molecule has 0 amide bonds. The molecule has 1 saturated heterocycles. The molecule has 1 aliphatic rings. The van der Waals surface area contributed by atoms with Crippen molar-refractivity contribution in [2.75, 3.05) is 6.61 Å². The van der Waals surface area contributed by atoms with Gasteiger partial charge in [-0.3, -0.25) is 19.1 Å². The standard InChI is InChI=1S/C21H26ClFN3O8PS/c1-12(2)32-18(29)13(3)25-35(36,34-14-7-5-4-6-8-14)31-11-15-17(28)21(22,23)19(33-15)26-10-9-16(27)24-20(26)30/h4-10,12-13,15,17,19,28H,11H2,1-3H3,(H,25,36)(H,24,27,30)/t13-,15+,17+,19+,21-,35+/m0/s1. The second-order valence-electron chi connectivity index (χ2n) is 8.20. The smallest absolute Gasteiger partial charge is 0.330 e. The van der Waals surface area contributed by atoms with Crippen molar-refractivity contribution < 1.29 is 32.8 Å². The maximum absolute atomic E-state index is 15.2. The van der Waals surface area contributed by atoms with Crippen LogP contribution in [-0.2, 0) is 30.6 Å². The molecule has 6 atom stereocenters. The fraction of sp³-hybridized carbons (Fsp3) is 0.476. The molecule has 2 heterocycles. The molecule has 11 nitrogen and oxygen atoms in total. The lowest BCUT2D eigenvalue weighted by Gasteiger charge is -2.28. The lowest BCUT2D eigenvalue weighted by Crippen LogP contribution is -2.42. The molecule has 0 unspecified atom stereocenters. The molecule has 36 heavy (non-hydrogen) atoms.